The third-order valence-corrected chi connectivity index (χ3v) is 5.23. The highest BCUT2D eigenvalue weighted by Crippen LogP contribution is 2.24. The first-order valence-electron chi connectivity index (χ1n) is 10.0. The zero-order valence-electron chi connectivity index (χ0n) is 15.7. The standard InChI is InChI=1S/C21H38O2/c1-4-6-10-13-19(5-2)18(3)16-17-20-14-11-8-7-9-12-15-21(22)23-20/h16-20H,4-15H2,1-3H3/b17-16+. The topological polar surface area (TPSA) is 26.3 Å². The van der Waals surface area contributed by atoms with Crippen LogP contribution in [-0.2, 0) is 9.53 Å². The molecule has 0 radical (unpaired) electrons. The summed E-state index contributed by atoms with van der Waals surface area (Å²) in [5, 5.41) is 0. The zero-order chi connectivity index (χ0) is 16.9. The van der Waals surface area contributed by atoms with E-state index in [9.17, 15) is 4.79 Å². The second-order valence-corrected chi connectivity index (χ2v) is 7.24. The molecule has 0 amide bonds. The van der Waals surface area contributed by atoms with Crippen LogP contribution in [0.3, 0.4) is 0 Å². The van der Waals surface area contributed by atoms with Crippen molar-refractivity contribution in [2.75, 3.05) is 0 Å². The first-order chi connectivity index (χ1) is 11.2. The maximum Gasteiger partial charge on any atom is 0.306 e. The third kappa shape index (κ3) is 9.17. The van der Waals surface area contributed by atoms with Crippen molar-refractivity contribution in [3.05, 3.63) is 12.2 Å². The lowest BCUT2D eigenvalue weighted by Gasteiger charge is -2.21. The smallest absolute Gasteiger partial charge is 0.306 e. The molecule has 1 fully saturated rings. The van der Waals surface area contributed by atoms with E-state index in [-0.39, 0.29) is 12.1 Å². The Morgan fingerprint density at radius 3 is 2.61 bits per heavy atom. The lowest BCUT2D eigenvalue weighted by Crippen LogP contribution is -2.18. The first-order valence-corrected chi connectivity index (χ1v) is 10.0. The van der Waals surface area contributed by atoms with E-state index in [0.29, 0.717) is 12.3 Å². The number of carbonyl (C=O) groups excluding carboxylic acids is 1. The number of allylic oxidation sites excluding steroid dienone is 1. The zero-order valence-corrected chi connectivity index (χ0v) is 15.7. The summed E-state index contributed by atoms with van der Waals surface area (Å²) in [7, 11) is 0. The average molecular weight is 323 g/mol. The predicted molar refractivity (Wildman–Crippen MR) is 98.4 cm³/mol. The molecule has 0 aromatic heterocycles. The average Bonchev–Trinajstić information content (AvgIpc) is 2.55. The van der Waals surface area contributed by atoms with Crippen LogP contribution >= 0.6 is 0 Å². The molecule has 23 heavy (non-hydrogen) atoms. The van der Waals surface area contributed by atoms with E-state index in [1.807, 2.05) is 0 Å². The molecule has 1 aliphatic rings. The van der Waals surface area contributed by atoms with E-state index in [1.165, 1.54) is 57.8 Å². The Labute approximate surface area is 144 Å². The number of hydrogen-bond acceptors (Lipinski definition) is 2. The highest BCUT2D eigenvalue weighted by molar-refractivity contribution is 5.69. The molecule has 0 aromatic carbocycles. The molecule has 2 heteroatoms. The monoisotopic (exact) mass is 322 g/mol. The molecule has 1 aliphatic heterocycles. The Kier molecular flexibility index (Phi) is 11.1. The SMILES string of the molecule is CCCCCC(CC)C(C)/C=C/C1CCCCCCCC(=O)O1. The molecule has 0 N–H and O–H groups in total. The second kappa shape index (κ2) is 12.6. The van der Waals surface area contributed by atoms with Crippen LogP contribution in [0.1, 0.15) is 97.8 Å². The molecule has 2 nitrogen and oxygen atoms in total. The lowest BCUT2D eigenvalue weighted by atomic mass is 9.86. The Bertz CT molecular complexity index is 335. The van der Waals surface area contributed by atoms with Crippen molar-refractivity contribution in [1.29, 1.82) is 0 Å². The number of rotatable bonds is 8. The minimum absolute atomic E-state index is 0.00352. The molecule has 3 atom stereocenters. The molecule has 1 heterocycles. The molecule has 0 aromatic rings. The molecular weight excluding hydrogens is 284 g/mol. The van der Waals surface area contributed by atoms with Gasteiger partial charge in [0.25, 0.3) is 0 Å². The molecule has 0 aliphatic carbocycles. The van der Waals surface area contributed by atoms with Crippen LogP contribution in [0.15, 0.2) is 12.2 Å². The van der Waals surface area contributed by atoms with Gasteiger partial charge in [-0.1, -0.05) is 71.8 Å². The van der Waals surface area contributed by atoms with Crippen molar-refractivity contribution >= 4 is 5.97 Å². The Morgan fingerprint density at radius 2 is 1.87 bits per heavy atom. The number of cyclic esters (lactones) is 1. The fourth-order valence-corrected chi connectivity index (χ4v) is 3.52. The summed E-state index contributed by atoms with van der Waals surface area (Å²) in [5.41, 5.74) is 0. The predicted octanol–water partition coefficient (Wildman–Crippen LogP) is 6.44. The number of hydrogen-bond donors (Lipinski definition) is 0. The van der Waals surface area contributed by atoms with E-state index in [4.69, 9.17) is 4.74 Å². The number of unbranched alkanes of at least 4 members (excludes halogenated alkanes) is 2. The normalized spacial score (nSPS) is 23.4. The molecule has 0 spiro atoms. The van der Waals surface area contributed by atoms with Crippen molar-refractivity contribution in [3.63, 3.8) is 0 Å². The summed E-state index contributed by atoms with van der Waals surface area (Å²) >= 11 is 0. The first kappa shape index (κ1) is 20.3. The van der Waals surface area contributed by atoms with E-state index >= 15 is 0 Å². The van der Waals surface area contributed by atoms with E-state index < -0.39 is 0 Å². The molecule has 3 unspecified atom stereocenters. The van der Waals surface area contributed by atoms with Crippen LogP contribution in [-0.4, -0.2) is 12.1 Å². The van der Waals surface area contributed by atoms with Gasteiger partial charge >= 0.3 is 5.97 Å². The van der Waals surface area contributed by atoms with Gasteiger partial charge in [0.05, 0.1) is 0 Å². The van der Waals surface area contributed by atoms with Gasteiger partial charge in [-0.05, 0) is 43.6 Å². The van der Waals surface area contributed by atoms with Crippen molar-refractivity contribution in [1.82, 2.24) is 0 Å². The fourth-order valence-electron chi connectivity index (χ4n) is 3.52. The van der Waals surface area contributed by atoms with Crippen molar-refractivity contribution in [2.24, 2.45) is 11.8 Å². The van der Waals surface area contributed by atoms with Crippen LogP contribution in [0.5, 0.6) is 0 Å². The lowest BCUT2D eigenvalue weighted by molar-refractivity contribution is -0.147. The summed E-state index contributed by atoms with van der Waals surface area (Å²) in [6, 6.07) is 0. The summed E-state index contributed by atoms with van der Waals surface area (Å²) in [5.74, 6) is 1.32. The Hall–Kier alpha value is -0.790. The van der Waals surface area contributed by atoms with E-state index in [0.717, 1.165) is 18.8 Å². The van der Waals surface area contributed by atoms with Gasteiger partial charge in [-0.2, -0.15) is 0 Å². The van der Waals surface area contributed by atoms with Crippen LogP contribution in [0.25, 0.3) is 0 Å². The van der Waals surface area contributed by atoms with Gasteiger partial charge in [0.1, 0.15) is 6.10 Å². The van der Waals surface area contributed by atoms with Crippen molar-refractivity contribution < 1.29 is 9.53 Å². The van der Waals surface area contributed by atoms with Gasteiger partial charge in [-0.25, -0.2) is 0 Å². The highest BCUT2D eigenvalue weighted by atomic mass is 16.5. The minimum Gasteiger partial charge on any atom is -0.458 e. The minimum atomic E-state index is -0.0100. The van der Waals surface area contributed by atoms with Crippen molar-refractivity contribution in [3.8, 4) is 0 Å². The third-order valence-electron chi connectivity index (χ3n) is 5.23. The molecule has 134 valence electrons. The largest absolute Gasteiger partial charge is 0.458 e. The molecular formula is C21H38O2. The summed E-state index contributed by atoms with van der Waals surface area (Å²) in [6.45, 7) is 6.88. The summed E-state index contributed by atoms with van der Waals surface area (Å²) < 4.78 is 5.66. The van der Waals surface area contributed by atoms with Crippen LogP contribution in [0.2, 0.25) is 0 Å². The van der Waals surface area contributed by atoms with Gasteiger partial charge in [0.2, 0.25) is 0 Å². The summed E-state index contributed by atoms with van der Waals surface area (Å²) in [4.78, 5) is 11.9. The molecule has 1 rings (SSSR count). The van der Waals surface area contributed by atoms with Crippen LogP contribution < -0.4 is 0 Å². The van der Waals surface area contributed by atoms with Gasteiger partial charge in [-0.15, -0.1) is 0 Å². The van der Waals surface area contributed by atoms with Gasteiger partial charge in [0.15, 0.2) is 0 Å². The Balaban J connectivity index is 2.50. The quantitative estimate of drug-likeness (QED) is 0.292. The van der Waals surface area contributed by atoms with Gasteiger partial charge < -0.3 is 4.74 Å². The molecule has 0 saturated carbocycles. The fraction of sp³-hybridized carbons (Fsp3) is 0.857. The number of esters is 1. The number of carbonyl (C=O) groups is 1. The number of ether oxygens (including phenoxy) is 1. The second-order valence-electron chi connectivity index (χ2n) is 7.24. The maximum atomic E-state index is 11.9. The molecule has 0 bridgehead atoms. The van der Waals surface area contributed by atoms with E-state index in [1.54, 1.807) is 0 Å². The van der Waals surface area contributed by atoms with Gasteiger partial charge in [0, 0.05) is 6.42 Å². The van der Waals surface area contributed by atoms with Crippen LogP contribution in [0.4, 0.5) is 0 Å². The van der Waals surface area contributed by atoms with E-state index in [2.05, 4.69) is 32.9 Å². The molecule has 1 saturated heterocycles. The van der Waals surface area contributed by atoms with Gasteiger partial charge in [-0.3, -0.25) is 4.79 Å². The summed E-state index contributed by atoms with van der Waals surface area (Å²) in [6.07, 6.45) is 18.4. The maximum absolute atomic E-state index is 11.9. The highest BCUT2D eigenvalue weighted by Gasteiger charge is 2.16. The van der Waals surface area contributed by atoms with Crippen molar-refractivity contribution in [2.45, 2.75) is 104 Å². The Morgan fingerprint density at radius 1 is 1.13 bits per heavy atom. The van der Waals surface area contributed by atoms with Crippen LogP contribution in [0, 0.1) is 11.8 Å².